The number of anilines is 1. The number of urea groups is 1. The maximum absolute atomic E-state index is 12.4. The summed E-state index contributed by atoms with van der Waals surface area (Å²) in [5.74, 6) is 0.455. The smallest absolute Gasteiger partial charge is 0.319 e. The molecule has 2 amide bonds. The molecule has 1 aromatic carbocycles. The summed E-state index contributed by atoms with van der Waals surface area (Å²) in [4.78, 5) is 14.3. The molecule has 1 unspecified atom stereocenters. The molecule has 1 saturated heterocycles. The van der Waals surface area contributed by atoms with E-state index in [0.717, 1.165) is 25.3 Å². The van der Waals surface area contributed by atoms with E-state index < -0.39 is 0 Å². The van der Waals surface area contributed by atoms with Crippen LogP contribution in [0.2, 0.25) is 0 Å². The average molecular weight is 261 g/mol. The van der Waals surface area contributed by atoms with Gasteiger partial charge in [-0.15, -0.1) is 0 Å². The summed E-state index contributed by atoms with van der Waals surface area (Å²) in [5.41, 5.74) is 2.05. The van der Waals surface area contributed by atoms with Gasteiger partial charge in [-0.05, 0) is 25.0 Å². The molecular formula is C15H23N3O. The van der Waals surface area contributed by atoms with Gasteiger partial charge in [-0.2, -0.15) is 0 Å². The number of benzene rings is 1. The van der Waals surface area contributed by atoms with Crippen molar-refractivity contribution in [2.24, 2.45) is 5.92 Å². The van der Waals surface area contributed by atoms with E-state index in [1.807, 2.05) is 36.1 Å². The lowest BCUT2D eigenvalue weighted by Crippen LogP contribution is -2.56. The van der Waals surface area contributed by atoms with Gasteiger partial charge in [0.05, 0.1) is 0 Å². The molecule has 1 heterocycles. The molecule has 4 nitrogen and oxygen atoms in total. The lowest BCUT2D eigenvalue weighted by atomic mass is 10.0. The average Bonchev–Trinajstić information content (AvgIpc) is 2.41. The van der Waals surface area contributed by atoms with E-state index in [2.05, 4.69) is 24.5 Å². The number of aryl methyl sites for hydroxylation is 1. The zero-order valence-corrected chi connectivity index (χ0v) is 11.9. The fourth-order valence-corrected chi connectivity index (χ4v) is 2.41. The lowest BCUT2D eigenvalue weighted by molar-refractivity contribution is 0.147. The zero-order chi connectivity index (χ0) is 13.8. The van der Waals surface area contributed by atoms with Crippen LogP contribution >= 0.6 is 0 Å². The highest BCUT2D eigenvalue weighted by Gasteiger charge is 2.28. The van der Waals surface area contributed by atoms with Gasteiger partial charge >= 0.3 is 6.03 Å². The van der Waals surface area contributed by atoms with Crippen LogP contribution in [0.25, 0.3) is 0 Å². The predicted octanol–water partition coefficient (Wildman–Crippen LogP) is 2.46. The van der Waals surface area contributed by atoms with Gasteiger partial charge in [0.1, 0.15) is 0 Å². The number of piperazine rings is 1. The van der Waals surface area contributed by atoms with Crippen molar-refractivity contribution >= 4 is 11.7 Å². The molecule has 1 fully saturated rings. The zero-order valence-electron chi connectivity index (χ0n) is 11.9. The molecule has 1 aliphatic rings. The van der Waals surface area contributed by atoms with Crippen LogP contribution in [-0.2, 0) is 0 Å². The van der Waals surface area contributed by atoms with Crippen LogP contribution in [0, 0.1) is 12.8 Å². The Balaban J connectivity index is 2.03. The monoisotopic (exact) mass is 261 g/mol. The summed E-state index contributed by atoms with van der Waals surface area (Å²) in [6.45, 7) is 8.86. The number of rotatable bonds is 2. The Hall–Kier alpha value is -1.55. The molecule has 1 aromatic rings. The SMILES string of the molecule is Cc1ccc(NC(=O)N2CCNCC2C(C)C)cc1. The molecule has 2 N–H and O–H groups in total. The first-order valence-electron chi connectivity index (χ1n) is 6.93. The highest BCUT2D eigenvalue weighted by molar-refractivity contribution is 5.89. The van der Waals surface area contributed by atoms with E-state index >= 15 is 0 Å². The second kappa shape index (κ2) is 6.06. The third kappa shape index (κ3) is 3.47. The molecular weight excluding hydrogens is 238 g/mol. The number of carbonyl (C=O) groups is 1. The fourth-order valence-electron chi connectivity index (χ4n) is 2.41. The molecule has 0 aromatic heterocycles. The molecule has 0 bridgehead atoms. The Morgan fingerprint density at radius 3 is 2.68 bits per heavy atom. The number of hydrogen-bond donors (Lipinski definition) is 2. The number of amides is 2. The maximum atomic E-state index is 12.4. The molecule has 0 aliphatic carbocycles. The Morgan fingerprint density at radius 2 is 2.05 bits per heavy atom. The third-order valence-electron chi connectivity index (χ3n) is 3.62. The van der Waals surface area contributed by atoms with Crippen molar-refractivity contribution in [3.8, 4) is 0 Å². The number of hydrogen-bond acceptors (Lipinski definition) is 2. The molecule has 2 rings (SSSR count). The quantitative estimate of drug-likeness (QED) is 0.859. The van der Waals surface area contributed by atoms with Crippen LogP contribution in [0.1, 0.15) is 19.4 Å². The van der Waals surface area contributed by atoms with Crippen molar-refractivity contribution < 1.29 is 4.79 Å². The van der Waals surface area contributed by atoms with Gasteiger partial charge in [-0.1, -0.05) is 31.5 Å². The van der Waals surface area contributed by atoms with Crippen LogP contribution in [0.4, 0.5) is 10.5 Å². The van der Waals surface area contributed by atoms with Gasteiger partial charge in [-0.25, -0.2) is 4.79 Å². The van der Waals surface area contributed by atoms with Crippen LogP contribution < -0.4 is 10.6 Å². The third-order valence-corrected chi connectivity index (χ3v) is 3.62. The summed E-state index contributed by atoms with van der Waals surface area (Å²) in [7, 11) is 0. The summed E-state index contributed by atoms with van der Waals surface area (Å²) in [5, 5.41) is 6.33. The van der Waals surface area contributed by atoms with Crippen LogP contribution in [0.15, 0.2) is 24.3 Å². The molecule has 104 valence electrons. The number of nitrogens with zero attached hydrogens (tertiary/aromatic N) is 1. The molecule has 0 spiro atoms. The Morgan fingerprint density at radius 1 is 1.37 bits per heavy atom. The Kier molecular flexibility index (Phi) is 4.43. The fraction of sp³-hybridized carbons (Fsp3) is 0.533. The van der Waals surface area contributed by atoms with E-state index in [1.165, 1.54) is 5.56 Å². The van der Waals surface area contributed by atoms with E-state index in [1.54, 1.807) is 0 Å². The molecule has 19 heavy (non-hydrogen) atoms. The van der Waals surface area contributed by atoms with Gasteiger partial charge in [0, 0.05) is 31.4 Å². The van der Waals surface area contributed by atoms with Gasteiger partial charge in [0.15, 0.2) is 0 Å². The van der Waals surface area contributed by atoms with Gasteiger partial charge in [0.2, 0.25) is 0 Å². The first kappa shape index (κ1) is 13.9. The van der Waals surface area contributed by atoms with Gasteiger partial charge < -0.3 is 15.5 Å². The minimum Gasteiger partial charge on any atom is -0.319 e. The van der Waals surface area contributed by atoms with E-state index in [4.69, 9.17) is 0 Å². The highest BCUT2D eigenvalue weighted by Crippen LogP contribution is 2.16. The minimum atomic E-state index is 0.00375. The summed E-state index contributed by atoms with van der Waals surface area (Å²) >= 11 is 0. The molecule has 0 saturated carbocycles. The summed E-state index contributed by atoms with van der Waals surface area (Å²) in [6, 6.07) is 8.17. The minimum absolute atomic E-state index is 0.00375. The summed E-state index contributed by atoms with van der Waals surface area (Å²) < 4.78 is 0. The summed E-state index contributed by atoms with van der Waals surface area (Å²) in [6.07, 6.45) is 0. The van der Waals surface area contributed by atoms with Gasteiger partial charge in [0.25, 0.3) is 0 Å². The van der Waals surface area contributed by atoms with Crippen LogP contribution in [0.5, 0.6) is 0 Å². The Labute approximate surface area is 115 Å². The Bertz CT molecular complexity index is 428. The second-order valence-electron chi connectivity index (χ2n) is 5.51. The van der Waals surface area contributed by atoms with Crippen LogP contribution in [-0.4, -0.2) is 36.6 Å². The van der Waals surface area contributed by atoms with Crippen molar-refractivity contribution in [2.75, 3.05) is 25.0 Å². The molecule has 1 aliphatic heterocycles. The van der Waals surface area contributed by atoms with Crippen molar-refractivity contribution in [1.29, 1.82) is 0 Å². The predicted molar refractivity (Wildman–Crippen MR) is 78.4 cm³/mol. The molecule has 4 heteroatoms. The van der Waals surface area contributed by atoms with E-state index in [-0.39, 0.29) is 12.1 Å². The highest BCUT2D eigenvalue weighted by atomic mass is 16.2. The first-order chi connectivity index (χ1) is 9.08. The van der Waals surface area contributed by atoms with Crippen molar-refractivity contribution in [2.45, 2.75) is 26.8 Å². The largest absolute Gasteiger partial charge is 0.322 e. The standard InChI is InChI=1S/C15H23N3O/c1-11(2)14-10-16-8-9-18(14)15(19)17-13-6-4-12(3)5-7-13/h4-7,11,14,16H,8-10H2,1-3H3,(H,17,19). The first-order valence-corrected chi connectivity index (χ1v) is 6.93. The van der Waals surface area contributed by atoms with Crippen molar-refractivity contribution in [3.63, 3.8) is 0 Å². The maximum Gasteiger partial charge on any atom is 0.322 e. The topological polar surface area (TPSA) is 44.4 Å². The second-order valence-corrected chi connectivity index (χ2v) is 5.51. The molecule has 1 atom stereocenters. The number of nitrogens with one attached hydrogen (secondary N) is 2. The van der Waals surface area contributed by atoms with Gasteiger partial charge in [-0.3, -0.25) is 0 Å². The molecule has 0 radical (unpaired) electrons. The van der Waals surface area contributed by atoms with Crippen molar-refractivity contribution in [1.82, 2.24) is 10.2 Å². The number of carbonyl (C=O) groups excluding carboxylic acids is 1. The van der Waals surface area contributed by atoms with Crippen LogP contribution in [0.3, 0.4) is 0 Å². The van der Waals surface area contributed by atoms with E-state index in [0.29, 0.717) is 5.92 Å². The van der Waals surface area contributed by atoms with Crippen molar-refractivity contribution in [3.05, 3.63) is 29.8 Å². The lowest BCUT2D eigenvalue weighted by Gasteiger charge is -2.38. The normalized spacial score (nSPS) is 19.6. The van der Waals surface area contributed by atoms with E-state index in [9.17, 15) is 4.79 Å².